The van der Waals surface area contributed by atoms with E-state index in [1.54, 1.807) is 18.5 Å². The van der Waals surface area contributed by atoms with Crippen LogP contribution in [0.2, 0.25) is 10.0 Å². The van der Waals surface area contributed by atoms with Gasteiger partial charge in [0.15, 0.2) is 5.69 Å². The van der Waals surface area contributed by atoms with Crippen LogP contribution in [0.25, 0.3) is 5.57 Å². The number of nitrogens with zero attached hydrogens (tertiary/aromatic N) is 3. The van der Waals surface area contributed by atoms with Crippen molar-refractivity contribution in [3.05, 3.63) is 113 Å². The number of methoxy groups -OCH3 is 1. The molecule has 2 aromatic rings. The average Bonchev–Trinajstić information content (AvgIpc) is 2.97. The number of nitrogens with one attached hydrogen (secondary N) is 2. The van der Waals surface area contributed by atoms with E-state index in [0.717, 1.165) is 36.2 Å². The first-order valence-electron chi connectivity index (χ1n) is 13.2. The van der Waals surface area contributed by atoms with Gasteiger partial charge in [-0.15, -0.1) is 0 Å². The Labute approximate surface area is 251 Å². The zero-order valence-corrected chi connectivity index (χ0v) is 25.2. The van der Waals surface area contributed by atoms with Crippen molar-refractivity contribution in [2.45, 2.75) is 40.0 Å². The molecule has 0 radical (unpaired) electrons. The van der Waals surface area contributed by atoms with Crippen molar-refractivity contribution >= 4 is 40.1 Å². The summed E-state index contributed by atoms with van der Waals surface area (Å²) >= 11 is 12.7. The van der Waals surface area contributed by atoms with Crippen LogP contribution in [0.1, 0.15) is 45.6 Å². The van der Waals surface area contributed by atoms with Crippen molar-refractivity contribution in [2.75, 3.05) is 17.7 Å². The number of aromatic nitrogens is 1. The minimum absolute atomic E-state index is 0.0559. The molecule has 41 heavy (non-hydrogen) atoms. The Kier molecular flexibility index (Phi) is 11.5. The molecule has 1 aromatic carbocycles. The molecule has 3 rings (SSSR count). The van der Waals surface area contributed by atoms with Gasteiger partial charge in [0.1, 0.15) is 5.82 Å². The van der Waals surface area contributed by atoms with Gasteiger partial charge in [-0.05, 0) is 48.4 Å². The summed E-state index contributed by atoms with van der Waals surface area (Å²) in [7, 11) is 1.41. The minimum atomic E-state index is -0.533. The normalized spacial score (nSPS) is 14.9. The van der Waals surface area contributed by atoms with Gasteiger partial charge in [0.05, 0.1) is 28.5 Å². The predicted molar refractivity (Wildman–Crippen MR) is 167 cm³/mol. The molecular formula is C31H36Cl2FN5O2. The van der Waals surface area contributed by atoms with E-state index in [0.29, 0.717) is 16.7 Å². The van der Waals surface area contributed by atoms with Crippen LogP contribution < -0.4 is 20.7 Å². The second-order valence-corrected chi connectivity index (χ2v) is 10.2. The molecule has 1 unspecified atom stereocenters. The monoisotopic (exact) mass is 599 g/mol. The van der Waals surface area contributed by atoms with Gasteiger partial charge in [0.25, 0.3) is 0 Å². The van der Waals surface area contributed by atoms with Crippen LogP contribution in [0.15, 0.2) is 91.3 Å². The van der Waals surface area contributed by atoms with Crippen LogP contribution >= 0.6 is 23.2 Å². The number of anilines is 2. The summed E-state index contributed by atoms with van der Waals surface area (Å²) in [4.78, 5) is 5.86. The van der Waals surface area contributed by atoms with Crippen molar-refractivity contribution < 1.29 is 14.3 Å². The summed E-state index contributed by atoms with van der Waals surface area (Å²) in [5, 5.41) is 15.0. The second kappa shape index (κ2) is 14.8. The summed E-state index contributed by atoms with van der Waals surface area (Å²) in [5.41, 5.74) is 6.44. The van der Waals surface area contributed by atoms with Crippen LogP contribution in [0, 0.1) is 11.7 Å². The second-order valence-electron chi connectivity index (χ2n) is 9.38. The number of hydrogen-bond acceptors (Lipinski definition) is 7. The zero-order chi connectivity index (χ0) is 30.1. The molecule has 0 aliphatic carbocycles. The van der Waals surface area contributed by atoms with E-state index in [4.69, 9.17) is 27.9 Å². The predicted octanol–water partition coefficient (Wildman–Crippen LogP) is 8.83. The summed E-state index contributed by atoms with van der Waals surface area (Å²) in [6.45, 7) is 14.6. The molecule has 1 aliphatic rings. The maximum absolute atomic E-state index is 15.2. The van der Waals surface area contributed by atoms with Gasteiger partial charge in [-0.3, -0.25) is 10.6 Å². The van der Waals surface area contributed by atoms with E-state index in [9.17, 15) is 5.21 Å². The molecular weight excluding hydrogens is 564 g/mol. The van der Waals surface area contributed by atoms with Gasteiger partial charge in [-0.25, -0.2) is 9.37 Å². The Morgan fingerprint density at radius 2 is 2.05 bits per heavy atom. The number of rotatable bonds is 13. The lowest BCUT2D eigenvalue weighted by atomic mass is 9.98. The Morgan fingerprint density at radius 3 is 2.71 bits per heavy atom. The highest BCUT2D eigenvalue weighted by molar-refractivity contribution is 6.35. The van der Waals surface area contributed by atoms with E-state index in [-0.39, 0.29) is 32.9 Å². The van der Waals surface area contributed by atoms with Crippen LogP contribution in [-0.2, 0) is 0 Å². The summed E-state index contributed by atoms with van der Waals surface area (Å²) < 4.78 is 20.4. The Balaban J connectivity index is 1.95. The average molecular weight is 601 g/mol. The standard InChI is InChI=1S/C31H36Cl2FN5O2/c1-7-10-24(21(5)35-16-15-20(4)8-2)27-14-11-22(19-38(27)9-3)29-25(34)12-13-26(30(29)33)37-39(40)28-17-23(32)18-36-31(28)41-6/h9,11-20,35,37,40H,3,5,7-8,10H2,1-2,4,6H3/b16-15-,27-24+. The number of pyridine rings is 1. The van der Waals surface area contributed by atoms with Crippen LogP contribution in [0.4, 0.5) is 15.8 Å². The smallest absolute Gasteiger partial charge is 0.242 e. The first-order chi connectivity index (χ1) is 19.6. The number of hydrazine groups is 1. The molecule has 2 heterocycles. The largest absolute Gasteiger partial charge is 0.479 e. The van der Waals surface area contributed by atoms with Gasteiger partial charge in [-0.2, -0.15) is 5.17 Å². The maximum Gasteiger partial charge on any atom is 0.242 e. The molecule has 0 saturated heterocycles. The van der Waals surface area contributed by atoms with Gasteiger partial charge in [0.2, 0.25) is 5.88 Å². The molecule has 218 valence electrons. The summed E-state index contributed by atoms with van der Waals surface area (Å²) in [5.74, 6) is 0.0415. The van der Waals surface area contributed by atoms with E-state index in [1.807, 2.05) is 17.2 Å². The third-order valence-electron chi connectivity index (χ3n) is 6.50. The van der Waals surface area contributed by atoms with Gasteiger partial charge in [-0.1, -0.05) is 82.1 Å². The Hall–Kier alpha value is -3.72. The molecule has 0 spiro atoms. The van der Waals surface area contributed by atoms with E-state index in [2.05, 4.69) is 55.7 Å². The van der Waals surface area contributed by atoms with E-state index < -0.39 is 5.82 Å². The third-order valence-corrected chi connectivity index (χ3v) is 7.10. The number of halogens is 3. The Bertz CT molecular complexity index is 1400. The lowest BCUT2D eigenvalue weighted by Crippen LogP contribution is -2.26. The summed E-state index contributed by atoms with van der Waals surface area (Å²) in [6.07, 6.45) is 15.2. The SMILES string of the molecule is C=CN1C=C(c2c(F)ccc(NN(O)c3cc(Cl)cnc3OC)c2Cl)C=C/C1=C(/CCC)C(=C)N/C=C\C(C)CC. The zero-order valence-electron chi connectivity index (χ0n) is 23.7. The maximum atomic E-state index is 15.2. The first-order valence-corrected chi connectivity index (χ1v) is 14.0. The highest BCUT2D eigenvalue weighted by Crippen LogP contribution is 2.38. The molecule has 1 aliphatic heterocycles. The van der Waals surface area contributed by atoms with Crippen molar-refractivity contribution in [1.82, 2.24) is 15.2 Å². The minimum Gasteiger partial charge on any atom is -0.479 e. The van der Waals surface area contributed by atoms with E-state index in [1.165, 1.54) is 31.5 Å². The molecule has 7 nitrogen and oxygen atoms in total. The topological polar surface area (TPSA) is 72.9 Å². The van der Waals surface area contributed by atoms with Crippen LogP contribution in [0.3, 0.4) is 0 Å². The number of ether oxygens (including phenoxy) is 1. The van der Waals surface area contributed by atoms with E-state index >= 15 is 4.39 Å². The molecule has 0 amide bonds. The molecule has 1 aromatic heterocycles. The third kappa shape index (κ3) is 7.73. The molecule has 3 N–H and O–H groups in total. The lowest BCUT2D eigenvalue weighted by molar-refractivity contribution is 0.270. The fourth-order valence-electron chi connectivity index (χ4n) is 4.10. The fraction of sp³-hybridized carbons (Fsp3) is 0.258. The van der Waals surface area contributed by atoms with Crippen molar-refractivity contribution in [2.24, 2.45) is 5.92 Å². The quantitative estimate of drug-likeness (QED) is 0.199. The van der Waals surface area contributed by atoms with Crippen molar-refractivity contribution in [3.8, 4) is 5.88 Å². The molecule has 0 bridgehead atoms. The van der Waals surface area contributed by atoms with Crippen LogP contribution in [-0.4, -0.2) is 22.2 Å². The number of allylic oxidation sites excluding steroid dienone is 5. The number of hydrogen-bond donors (Lipinski definition) is 3. The summed E-state index contributed by atoms with van der Waals surface area (Å²) in [6, 6.07) is 4.14. The Morgan fingerprint density at radius 1 is 1.29 bits per heavy atom. The van der Waals surface area contributed by atoms with Crippen molar-refractivity contribution in [1.29, 1.82) is 0 Å². The fourth-order valence-corrected chi connectivity index (χ4v) is 4.55. The lowest BCUT2D eigenvalue weighted by Gasteiger charge is -2.27. The molecule has 0 fully saturated rings. The van der Waals surface area contributed by atoms with Crippen molar-refractivity contribution in [3.63, 3.8) is 0 Å². The molecule has 1 atom stereocenters. The van der Waals surface area contributed by atoms with Crippen LogP contribution in [0.5, 0.6) is 5.88 Å². The first kappa shape index (κ1) is 31.8. The van der Waals surface area contributed by atoms with Gasteiger partial charge < -0.3 is 15.0 Å². The van der Waals surface area contributed by atoms with Gasteiger partial charge >= 0.3 is 0 Å². The number of benzene rings is 1. The molecule has 10 heteroatoms. The highest BCUT2D eigenvalue weighted by Gasteiger charge is 2.22. The molecule has 0 saturated carbocycles. The highest BCUT2D eigenvalue weighted by atomic mass is 35.5. The van der Waals surface area contributed by atoms with Gasteiger partial charge in [0, 0.05) is 35.4 Å².